The summed E-state index contributed by atoms with van der Waals surface area (Å²) in [6, 6.07) is -0.511. The lowest BCUT2D eigenvalue weighted by molar-refractivity contribution is -0.107. The van der Waals surface area contributed by atoms with Crippen LogP contribution in [0.2, 0.25) is 0 Å². The van der Waals surface area contributed by atoms with Gasteiger partial charge in [0.1, 0.15) is 12.2 Å². The van der Waals surface area contributed by atoms with Crippen LogP contribution in [-0.4, -0.2) is 83.6 Å². The van der Waals surface area contributed by atoms with Crippen molar-refractivity contribution in [1.29, 1.82) is 0 Å². The summed E-state index contributed by atoms with van der Waals surface area (Å²) in [5.74, 6) is 1.48. The van der Waals surface area contributed by atoms with Crippen molar-refractivity contribution in [3.8, 4) is 0 Å². The highest BCUT2D eigenvalue weighted by Crippen LogP contribution is 2.32. The van der Waals surface area contributed by atoms with Gasteiger partial charge in [-0.05, 0) is 32.1 Å². The fraction of sp³-hybridized carbons (Fsp3) is 0.778. The Hall–Kier alpha value is -1.53. The Balaban J connectivity index is 1.66. The van der Waals surface area contributed by atoms with Crippen LogP contribution in [0.5, 0.6) is 0 Å². The molecule has 0 aromatic carbocycles. The second-order valence-electron chi connectivity index (χ2n) is 7.62. The van der Waals surface area contributed by atoms with E-state index in [0.717, 1.165) is 31.6 Å². The third-order valence-electron chi connectivity index (χ3n) is 5.47. The van der Waals surface area contributed by atoms with Crippen molar-refractivity contribution in [2.24, 2.45) is 0 Å². The topological polar surface area (TPSA) is 138 Å². The quantitative estimate of drug-likeness (QED) is 0.372. The number of aromatic nitrogens is 5. The van der Waals surface area contributed by atoms with Gasteiger partial charge in [-0.25, -0.2) is 14.6 Å². The fourth-order valence-electron chi connectivity index (χ4n) is 3.84. The van der Waals surface area contributed by atoms with Crippen molar-refractivity contribution in [1.82, 2.24) is 25.0 Å². The van der Waals surface area contributed by atoms with Crippen LogP contribution in [0, 0.1) is 0 Å². The molecule has 29 heavy (non-hydrogen) atoms. The number of nitrogens with one attached hydrogen (secondary N) is 1. The predicted molar refractivity (Wildman–Crippen MR) is 108 cm³/mol. The molecule has 2 aliphatic rings. The summed E-state index contributed by atoms with van der Waals surface area (Å²) in [7, 11) is 0. The van der Waals surface area contributed by atoms with Gasteiger partial charge in [0.15, 0.2) is 22.1 Å². The molecule has 1 saturated heterocycles. The molecule has 3 heterocycles. The summed E-state index contributed by atoms with van der Waals surface area (Å²) in [5.41, 5.74) is 1.04. The molecule has 2 fully saturated rings. The Kier molecular flexibility index (Phi) is 6.50. The van der Waals surface area contributed by atoms with Gasteiger partial charge in [0.2, 0.25) is 0 Å². The number of aliphatic hydroxyl groups excluding tert-OH is 3. The molecule has 4 rings (SSSR count). The van der Waals surface area contributed by atoms with E-state index in [2.05, 4.69) is 32.5 Å². The predicted octanol–water partition coefficient (Wildman–Crippen LogP) is 0.732. The van der Waals surface area contributed by atoms with Crippen LogP contribution >= 0.6 is 11.8 Å². The van der Waals surface area contributed by atoms with E-state index in [0.29, 0.717) is 41.5 Å². The van der Waals surface area contributed by atoms with E-state index in [4.69, 9.17) is 4.74 Å². The first kappa shape index (κ1) is 20.7. The minimum Gasteiger partial charge on any atom is -0.390 e. The number of fused-ring (bicyclic) bond motifs is 1. The summed E-state index contributed by atoms with van der Waals surface area (Å²) in [6.07, 6.45) is 0.758. The van der Waals surface area contributed by atoms with Gasteiger partial charge in [0.25, 0.3) is 0 Å². The molecule has 11 heteroatoms. The number of nitrogens with zero attached hydrogens (tertiary/aromatic N) is 5. The summed E-state index contributed by atoms with van der Waals surface area (Å²) >= 11 is 1.55. The van der Waals surface area contributed by atoms with Gasteiger partial charge in [-0.15, -0.1) is 5.10 Å². The second-order valence-corrected chi connectivity index (χ2v) is 8.68. The van der Waals surface area contributed by atoms with Crippen LogP contribution in [-0.2, 0) is 4.74 Å². The van der Waals surface area contributed by atoms with Crippen LogP contribution in [0.1, 0.15) is 45.1 Å². The van der Waals surface area contributed by atoms with E-state index in [1.165, 1.54) is 0 Å². The lowest BCUT2D eigenvalue weighted by atomic mass is 9.88. The average Bonchev–Trinajstić information content (AvgIpc) is 3.39. The van der Waals surface area contributed by atoms with Gasteiger partial charge in [-0.3, -0.25) is 0 Å². The summed E-state index contributed by atoms with van der Waals surface area (Å²) in [5, 5.41) is 42.8. The van der Waals surface area contributed by atoms with E-state index in [1.807, 2.05) is 0 Å². The molecule has 1 aliphatic heterocycles. The van der Waals surface area contributed by atoms with Crippen molar-refractivity contribution in [3.05, 3.63) is 0 Å². The first-order valence-corrected chi connectivity index (χ1v) is 11.2. The molecular formula is C18H28N6O4S. The third-order valence-corrected chi connectivity index (χ3v) is 6.52. The number of ether oxygens (including phenoxy) is 1. The zero-order chi connectivity index (χ0) is 20.4. The number of rotatable bonds is 7. The van der Waals surface area contributed by atoms with Crippen LogP contribution in [0.15, 0.2) is 5.16 Å². The summed E-state index contributed by atoms with van der Waals surface area (Å²) < 4.78 is 7.24. The van der Waals surface area contributed by atoms with Gasteiger partial charge in [0.05, 0.1) is 18.2 Å². The molecule has 0 bridgehead atoms. The maximum absolute atomic E-state index is 10.5. The monoisotopic (exact) mass is 424 g/mol. The maximum Gasteiger partial charge on any atom is 0.191 e. The van der Waals surface area contributed by atoms with Crippen LogP contribution in [0.25, 0.3) is 11.2 Å². The molecule has 0 amide bonds. The molecule has 0 spiro atoms. The van der Waals surface area contributed by atoms with Gasteiger partial charge in [-0.2, -0.15) is 0 Å². The van der Waals surface area contributed by atoms with Gasteiger partial charge < -0.3 is 25.4 Å². The van der Waals surface area contributed by atoms with Gasteiger partial charge in [-0.1, -0.05) is 23.9 Å². The van der Waals surface area contributed by atoms with E-state index < -0.39 is 24.4 Å². The first-order valence-electron chi connectivity index (χ1n) is 10.2. The van der Waals surface area contributed by atoms with Gasteiger partial charge >= 0.3 is 0 Å². The molecule has 1 aliphatic carbocycles. The van der Waals surface area contributed by atoms with E-state index in [9.17, 15) is 15.3 Å². The Morgan fingerprint density at radius 3 is 2.79 bits per heavy atom. The number of hydrogen-bond donors (Lipinski definition) is 4. The Labute approximate surface area is 173 Å². The van der Waals surface area contributed by atoms with E-state index >= 15 is 0 Å². The fourth-order valence-corrected chi connectivity index (χ4v) is 4.53. The highest BCUT2D eigenvalue weighted by atomic mass is 32.2. The molecule has 2 aromatic rings. The van der Waals surface area contributed by atoms with Crippen LogP contribution in [0.3, 0.4) is 0 Å². The normalized spacial score (nSPS) is 30.1. The number of thioether (sulfide) groups is 1. The molecule has 2 aromatic heterocycles. The molecule has 1 saturated carbocycles. The van der Waals surface area contributed by atoms with Crippen molar-refractivity contribution in [3.63, 3.8) is 0 Å². The van der Waals surface area contributed by atoms with E-state index in [1.54, 1.807) is 16.4 Å². The SMILES string of the molecule is CCCSc1nc(NC[C@H]2CCCO2)c2nnn([C@@H]3CC[C@H](O)[C@@H](O)[C@H]3O)c2n1. The number of anilines is 1. The highest BCUT2D eigenvalue weighted by molar-refractivity contribution is 7.99. The standard InChI is InChI=1S/C18H28N6O4S/c1-2-8-29-18-20-16(19-9-10-4-3-7-28-10)13-17(21-18)24(23-22-13)11-5-6-12(25)15(27)14(11)26/h10-12,14-15,25-27H,2-9H2,1H3,(H,19,20,21)/t10-,11-,12+,14+,15-/m1/s1. The van der Waals surface area contributed by atoms with Crippen molar-refractivity contribution in [2.75, 3.05) is 24.2 Å². The maximum atomic E-state index is 10.5. The Morgan fingerprint density at radius 2 is 2.03 bits per heavy atom. The highest BCUT2D eigenvalue weighted by Gasteiger charge is 2.39. The first-order chi connectivity index (χ1) is 14.1. The smallest absolute Gasteiger partial charge is 0.191 e. The minimum atomic E-state index is -1.22. The largest absolute Gasteiger partial charge is 0.390 e. The molecular weight excluding hydrogens is 396 g/mol. The van der Waals surface area contributed by atoms with Crippen molar-refractivity contribution in [2.45, 2.75) is 74.6 Å². The molecule has 5 atom stereocenters. The third kappa shape index (κ3) is 4.33. The lowest BCUT2D eigenvalue weighted by Gasteiger charge is -2.34. The minimum absolute atomic E-state index is 0.151. The van der Waals surface area contributed by atoms with Crippen LogP contribution < -0.4 is 5.32 Å². The van der Waals surface area contributed by atoms with Crippen LogP contribution in [0.4, 0.5) is 5.82 Å². The Bertz CT molecular complexity index is 830. The number of hydrogen-bond acceptors (Lipinski definition) is 10. The van der Waals surface area contributed by atoms with E-state index in [-0.39, 0.29) is 6.10 Å². The molecule has 4 N–H and O–H groups in total. The molecule has 0 unspecified atom stereocenters. The lowest BCUT2D eigenvalue weighted by Crippen LogP contribution is -2.47. The average molecular weight is 425 g/mol. The summed E-state index contributed by atoms with van der Waals surface area (Å²) in [4.78, 5) is 9.25. The summed E-state index contributed by atoms with van der Waals surface area (Å²) in [6.45, 7) is 3.51. The molecule has 160 valence electrons. The molecule has 0 radical (unpaired) electrons. The Morgan fingerprint density at radius 1 is 1.17 bits per heavy atom. The van der Waals surface area contributed by atoms with Gasteiger partial charge in [0, 0.05) is 18.9 Å². The molecule has 10 nitrogen and oxygen atoms in total. The zero-order valence-electron chi connectivity index (χ0n) is 16.4. The zero-order valence-corrected chi connectivity index (χ0v) is 17.3. The number of aliphatic hydroxyl groups is 3. The van der Waals surface area contributed by atoms with Crippen molar-refractivity contribution < 1.29 is 20.1 Å². The second kappa shape index (κ2) is 9.09. The van der Waals surface area contributed by atoms with Crippen molar-refractivity contribution >= 4 is 28.7 Å².